The molecule has 0 unspecified atom stereocenters. The van der Waals surface area contributed by atoms with Crippen LogP contribution in [0.2, 0.25) is 0 Å². The van der Waals surface area contributed by atoms with Crippen LogP contribution in [-0.2, 0) is 4.74 Å². The molecule has 1 rings (SSSR count). The van der Waals surface area contributed by atoms with Crippen molar-refractivity contribution in [3.8, 4) is 0 Å². The van der Waals surface area contributed by atoms with E-state index >= 15 is 0 Å². The first-order valence-corrected chi connectivity index (χ1v) is 5.49. The van der Waals surface area contributed by atoms with Crippen LogP contribution in [0.15, 0.2) is 5.38 Å². The van der Waals surface area contributed by atoms with E-state index in [4.69, 9.17) is 10.5 Å². The molecule has 0 saturated carbocycles. The molecule has 86 valence electrons. The summed E-state index contributed by atoms with van der Waals surface area (Å²) in [5.41, 5.74) is 6.92. The summed E-state index contributed by atoms with van der Waals surface area (Å²) in [6.45, 7) is 6.27. The van der Waals surface area contributed by atoms with E-state index in [1.165, 1.54) is 11.3 Å². The summed E-state index contributed by atoms with van der Waals surface area (Å²) < 4.78 is 4.89. The van der Waals surface area contributed by atoms with E-state index in [1.807, 2.05) is 0 Å². The van der Waals surface area contributed by atoms with Crippen LogP contribution in [0.5, 0.6) is 0 Å². The van der Waals surface area contributed by atoms with Crippen LogP contribution >= 0.6 is 23.7 Å². The number of esters is 1. The van der Waals surface area contributed by atoms with Gasteiger partial charge in [0.25, 0.3) is 0 Å². The van der Waals surface area contributed by atoms with E-state index in [0.29, 0.717) is 23.8 Å². The molecule has 0 atom stereocenters. The first-order chi connectivity index (χ1) is 6.57. The molecule has 15 heavy (non-hydrogen) atoms. The Labute approximate surface area is 100 Å². The van der Waals surface area contributed by atoms with Crippen LogP contribution in [0.3, 0.4) is 0 Å². The maximum atomic E-state index is 11.4. The second-order valence-electron chi connectivity index (χ2n) is 3.30. The summed E-state index contributed by atoms with van der Waals surface area (Å²) in [4.78, 5) is 12.5. The second kappa shape index (κ2) is 5.98. The fourth-order valence-corrected chi connectivity index (χ4v) is 2.17. The fourth-order valence-electron chi connectivity index (χ4n) is 1.20. The maximum absolute atomic E-state index is 11.4. The molecular weight excluding hydrogens is 234 g/mol. The minimum Gasteiger partial charge on any atom is -0.462 e. The summed E-state index contributed by atoms with van der Waals surface area (Å²) in [7, 11) is 0. The zero-order chi connectivity index (χ0) is 10.7. The highest BCUT2D eigenvalue weighted by molar-refractivity contribution is 7.11. The molecule has 0 saturated heterocycles. The molecule has 0 spiro atoms. The van der Waals surface area contributed by atoms with Gasteiger partial charge in [0.1, 0.15) is 0 Å². The van der Waals surface area contributed by atoms with Crippen LogP contribution < -0.4 is 5.73 Å². The molecular formula is C10H16ClNO2S. The lowest BCUT2D eigenvalue weighted by atomic mass is 10.1. The van der Waals surface area contributed by atoms with Gasteiger partial charge in [0, 0.05) is 10.3 Å². The number of hydrogen-bond donors (Lipinski definition) is 1. The SMILES string of the molecule is CCOC(=O)c1csc(C(C)C)c1N.Cl. The van der Waals surface area contributed by atoms with Crippen molar-refractivity contribution in [3.63, 3.8) is 0 Å². The van der Waals surface area contributed by atoms with Crippen molar-refractivity contribution >= 4 is 35.4 Å². The first-order valence-electron chi connectivity index (χ1n) is 4.61. The summed E-state index contributed by atoms with van der Waals surface area (Å²) in [5, 5.41) is 1.77. The summed E-state index contributed by atoms with van der Waals surface area (Å²) in [6, 6.07) is 0. The Kier molecular flexibility index (Phi) is 5.68. The third kappa shape index (κ3) is 3.11. The third-order valence-electron chi connectivity index (χ3n) is 1.88. The Morgan fingerprint density at radius 3 is 2.60 bits per heavy atom. The number of thiophene rings is 1. The van der Waals surface area contributed by atoms with Gasteiger partial charge in [0.2, 0.25) is 0 Å². The number of rotatable bonds is 3. The number of nitrogen functional groups attached to an aromatic ring is 1. The number of hydrogen-bond acceptors (Lipinski definition) is 4. The molecule has 0 aliphatic rings. The van der Waals surface area contributed by atoms with Gasteiger partial charge in [-0.2, -0.15) is 0 Å². The van der Waals surface area contributed by atoms with Gasteiger partial charge in [0.05, 0.1) is 17.9 Å². The van der Waals surface area contributed by atoms with Crippen LogP contribution in [0.1, 0.15) is 41.9 Å². The molecule has 0 aromatic carbocycles. The van der Waals surface area contributed by atoms with Crippen LogP contribution in [-0.4, -0.2) is 12.6 Å². The zero-order valence-electron chi connectivity index (χ0n) is 9.07. The molecule has 3 nitrogen and oxygen atoms in total. The van der Waals surface area contributed by atoms with Crippen molar-refractivity contribution in [2.75, 3.05) is 12.3 Å². The largest absolute Gasteiger partial charge is 0.462 e. The van der Waals surface area contributed by atoms with Crippen LogP contribution in [0.4, 0.5) is 5.69 Å². The third-order valence-corrected chi connectivity index (χ3v) is 3.18. The van der Waals surface area contributed by atoms with Gasteiger partial charge < -0.3 is 10.5 Å². The lowest BCUT2D eigenvalue weighted by Gasteiger charge is -2.04. The average Bonchev–Trinajstić information content (AvgIpc) is 2.47. The smallest absolute Gasteiger partial charge is 0.341 e. The number of carbonyl (C=O) groups excluding carboxylic acids is 1. The van der Waals surface area contributed by atoms with E-state index in [1.54, 1.807) is 12.3 Å². The molecule has 0 fully saturated rings. The topological polar surface area (TPSA) is 52.3 Å². The van der Waals surface area contributed by atoms with E-state index in [9.17, 15) is 4.79 Å². The lowest BCUT2D eigenvalue weighted by Crippen LogP contribution is -2.06. The molecule has 1 aromatic rings. The highest BCUT2D eigenvalue weighted by atomic mass is 35.5. The molecule has 1 heterocycles. The number of carbonyl (C=O) groups is 1. The Bertz CT molecular complexity index is 336. The maximum Gasteiger partial charge on any atom is 0.341 e. The van der Waals surface area contributed by atoms with E-state index in [-0.39, 0.29) is 18.4 Å². The predicted octanol–water partition coefficient (Wildman–Crippen LogP) is 3.05. The van der Waals surface area contributed by atoms with Crippen molar-refractivity contribution in [3.05, 3.63) is 15.8 Å². The van der Waals surface area contributed by atoms with Crippen LogP contribution in [0, 0.1) is 0 Å². The van der Waals surface area contributed by atoms with E-state index in [2.05, 4.69) is 13.8 Å². The van der Waals surface area contributed by atoms with Crippen molar-refractivity contribution in [2.24, 2.45) is 0 Å². The standard InChI is InChI=1S/C10H15NO2S.ClH/c1-4-13-10(12)7-5-14-9(6(2)3)8(7)11;/h5-6H,4,11H2,1-3H3;1H. The summed E-state index contributed by atoms with van der Waals surface area (Å²) in [6.07, 6.45) is 0. The minimum absolute atomic E-state index is 0. The van der Waals surface area contributed by atoms with Crippen LogP contribution in [0.25, 0.3) is 0 Å². The fraction of sp³-hybridized carbons (Fsp3) is 0.500. The molecule has 2 N–H and O–H groups in total. The number of halogens is 1. The summed E-state index contributed by atoms with van der Waals surface area (Å²) in [5.74, 6) is 0.0244. The van der Waals surface area contributed by atoms with E-state index < -0.39 is 0 Å². The molecule has 0 bridgehead atoms. The zero-order valence-corrected chi connectivity index (χ0v) is 10.7. The van der Waals surface area contributed by atoms with Gasteiger partial charge in [-0.1, -0.05) is 13.8 Å². The highest BCUT2D eigenvalue weighted by Gasteiger charge is 2.17. The highest BCUT2D eigenvalue weighted by Crippen LogP contribution is 2.31. The van der Waals surface area contributed by atoms with Crippen molar-refractivity contribution < 1.29 is 9.53 Å². The minimum atomic E-state index is -0.326. The molecule has 0 radical (unpaired) electrons. The van der Waals surface area contributed by atoms with Gasteiger partial charge in [-0.05, 0) is 12.8 Å². The Morgan fingerprint density at radius 1 is 1.60 bits per heavy atom. The van der Waals surface area contributed by atoms with Crippen molar-refractivity contribution in [2.45, 2.75) is 26.7 Å². The Hall–Kier alpha value is -0.740. The quantitative estimate of drug-likeness (QED) is 0.838. The number of anilines is 1. The Balaban J connectivity index is 0.00000196. The molecule has 5 heteroatoms. The van der Waals surface area contributed by atoms with E-state index in [0.717, 1.165) is 4.88 Å². The second-order valence-corrected chi connectivity index (χ2v) is 4.21. The first kappa shape index (κ1) is 14.3. The van der Waals surface area contributed by atoms with Crippen molar-refractivity contribution in [1.29, 1.82) is 0 Å². The van der Waals surface area contributed by atoms with Gasteiger partial charge in [-0.25, -0.2) is 4.79 Å². The molecule has 0 amide bonds. The predicted molar refractivity (Wildman–Crippen MR) is 66.0 cm³/mol. The Morgan fingerprint density at radius 2 is 2.20 bits per heavy atom. The number of ether oxygens (including phenoxy) is 1. The summed E-state index contributed by atoms with van der Waals surface area (Å²) >= 11 is 1.51. The van der Waals surface area contributed by atoms with Gasteiger partial charge >= 0.3 is 5.97 Å². The lowest BCUT2D eigenvalue weighted by molar-refractivity contribution is 0.0528. The van der Waals surface area contributed by atoms with Gasteiger partial charge in [0.15, 0.2) is 0 Å². The van der Waals surface area contributed by atoms with Gasteiger partial charge in [-0.3, -0.25) is 0 Å². The average molecular weight is 250 g/mol. The molecule has 1 aromatic heterocycles. The molecule has 0 aliphatic heterocycles. The normalized spacial score (nSPS) is 9.87. The monoisotopic (exact) mass is 249 g/mol. The number of nitrogens with two attached hydrogens (primary N) is 1. The van der Waals surface area contributed by atoms with Crippen molar-refractivity contribution in [1.82, 2.24) is 0 Å². The van der Waals surface area contributed by atoms with Gasteiger partial charge in [-0.15, -0.1) is 23.7 Å². The molecule has 0 aliphatic carbocycles.